The molecule has 0 spiro atoms. The van der Waals surface area contributed by atoms with Crippen LogP contribution < -0.4 is 0 Å². The first-order valence-electron chi connectivity index (χ1n) is 4.31. The van der Waals surface area contributed by atoms with Gasteiger partial charge in [-0.2, -0.15) is 8.78 Å². The first kappa shape index (κ1) is 13.8. The highest BCUT2D eigenvalue weighted by molar-refractivity contribution is 9.08. The molecule has 1 N–H and O–H groups in total. The minimum atomic E-state index is -0.242. The van der Waals surface area contributed by atoms with Crippen molar-refractivity contribution >= 4 is 38.6 Å². The predicted molar refractivity (Wildman–Crippen MR) is 67.1 cm³/mol. The Hall–Kier alpha value is -0.300. The topological polar surface area (TPSA) is 20.2 Å². The summed E-state index contributed by atoms with van der Waals surface area (Å²) in [5, 5.41) is 8.79. The van der Waals surface area contributed by atoms with Crippen LogP contribution in [0.25, 0.3) is 0 Å². The van der Waals surface area contributed by atoms with Crippen LogP contribution in [-0.4, -0.2) is 5.11 Å². The zero-order chi connectivity index (χ0) is 12.0. The molecule has 0 bridgehead atoms. The van der Waals surface area contributed by atoms with Gasteiger partial charge in [0.05, 0.1) is 6.61 Å². The average Bonchev–Trinajstić information content (AvgIpc) is 2.88. The minimum absolute atomic E-state index is 0.0609. The molecule has 0 aliphatic heterocycles. The fraction of sp³-hybridized carbons (Fsp3) is 0.200. The lowest BCUT2D eigenvalue weighted by atomic mass is 10.5. The van der Waals surface area contributed by atoms with Crippen molar-refractivity contribution in [2.24, 2.45) is 0 Å². The molecule has 6 heteroatoms. The van der Waals surface area contributed by atoms with Gasteiger partial charge in [0, 0.05) is 15.1 Å². The van der Waals surface area contributed by atoms with E-state index in [1.807, 2.05) is 0 Å². The van der Waals surface area contributed by atoms with Crippen molar-refractivity contribution in [1.29, 1.82) is 0 Å². The van der Waals surface area contributed by atoms with Crippen LogP contribution in [0.15, 0.2) is 24.3 Å². The molecule has 0 fully saturated rings. The van der Waals surface area contributed by atoms with Crippen LogP contribution in [0.2, 0.25) is 0 Å². The van der Waals surface area contributed by atoms with Crippen LogP contribution in [0, 0.1) is 10.3 Å². The highest BCUT2D eigenvalue weighted by atomic mass is 79.9. The molecule has 2 aromatic rings. The molecule has 0 saturated heterocycles. The number of alkyl halides is 1. The van der Waals surface area contributed by atoms with Crippen LogP contribution in [0.3, 0.4) is 0 Å². The van der Waals surface area contributed by atoms with Crippen molar-refractivity contribution in [2.75, 3.05) is 0 Å². The average molecular weight is 327 g/mol. The van der Waals surface area contributed by atoms with Crippen molar-refractivity contribution in [1.82, 2.24) is 0 Å². The van der Waals surface area contributed by atoms with E-state index < -0.39 is 0 Å². The van der Waals surface area contributed by atoms with Gasteiger partial charge in [0.1, 0.15) is 0 Å². The molecule has 0 amide bonds. The number of rotatable bonds is 2. The zero-order valence-corrected chi connectivity index (χ0v) is 11.3. The van der Waals surface area contributed by atoms with Gasteiger partial charge in [-0.15, -0.1) is 22.7 Å². The second-order valence-corrected chi connectivity index (χ2v) is 5.50. The maximum atomic E-state index is 12.1. The molecule has 0 aliphatic rings. The van der Waals surface area contributed by atoms with Crippen molar-refractivity contribution in [2.45, 2.75) is 11.9 Å². The third-order valence-electron chi connectivity index (χ3n) is 1.55. The van der Waals surface area contributed by atoms with Gasteiger partial charge in [0.15, 0.2) is 10.3 Å². The van der Waals surface area contributed by atoms with Crippen LogP contribution >= 0.6 is 38.6 Å². The Bertz CT molecular complexity index is 388. The molecule has 2 aromatic heterocycles. The number of aliphatic hydroxyl groups is 1. The standard InChI is InChI=1S/C5H4BrFS.C5H5FOS/c6-3-4-1-2-5(7)8-4;6-5-2-1-4(3-7)8-5/h1-2H,3H2;1-2,7H,3H2. The van der Waals surface area contributed by atoms with Gasteiger partial charge in [-0.25, -0.2) is 0 Å². The van der Waals surface area contributed by atoms with E-state index in [1.54, 1.807) is 12.1 Å². The summed E-state index contributed by atoms with van der Waals surface area (Å²) < 4.78 is 24.1. The molecule has 0 unspecified atom stereocenters. The molecule has 2 heterocycles. The quantitative estimate of drug-likeness (QED) is 0.821. The number of hydrogen-bond donors (Lipinski definition) is 1. The van der Waals surface area contributed by atoms with E-state index in [0.29, 0.717) is 4.88 Å². The van der Waals surface area contributed by atoms with Crippen molar-refractivity contribution in [3.8, 4) is 0 Å². The van der Waals surface area contributed by atoms with Crippen molar-refractivity contribution < 1.29 is 13.9 Å². The van der Waals surface area contributed by atoms with Gasteiger partial charge in [-0.05, 0) is 24.3 Å². The highest BCUT2D eigenvalue weighted by Gasteiger charge is 1.94. The lowest BCUT2D eigenvalue weighted by molar-refractivity contribution is 0.285. The summed E-state index contributed by atoms with van der Waals surface area (Å²) in [6.45, 7) is -0.0609. The Morgan fingerprint density at radius 1 is 1.00 bits per heavy atom. The van der Waals surface area contributed by atoms with Gasteiger partial charge in [-0.1, -0.05) is 15.9 Å². The smallest absolute Gasteiger partial charge is 0.176 e. The molecule has 0 aromatic carbocycles. The highest BCUT2D eigenvalue weighted by Crippen LogP contribution is 2.16. The van der Waals surface area contributed by atoms with E-state index in [-0.39, 0.29) is 16.9 Å². The zero-order valence-electron chi connectivity index (χ0n) is 8.12. The summed E-state index contributed by atoms with van der Waals surface area (Å²) in [4.78, 5) is 1.70. The lowest BCUT2D eigenvalue weighted by Crippen LogP contribution is -1.69. The fourth-order valence-corrected chi connectivity index (χ4v) is 2.55. The van der Waals surface area contributed by atoms with Crippen LogP contribution in [0.1, 0.15) is 9.75 Å². The Morgan fingerprint density at radius 3 is 1.69 bits per heavy atom. The third kappa shape index (κ3) is 4.69. The summed E-state index contributed by atoms with van der Waals surface area (Å²) in [6.07, 6.45) is 0. The van der Waals surface area contributed by atoms with E-state index in [0.717, 1.165) is 21.5 Å². The van der Waals surface area contributed by atoms with Gasteiger partial charge >= 0.3 is 0 Å². The largest absolute Gasteiger partial charge is 0.391 e. The molecular weight excluding hydrogens is 318 g/mol. The lowest BCUT2D eigenvalue weighted by Gasteiger charge is -1.79. The molecule has 2 rings (SSSR count). The molecule has 0 aliphatic carbocycles. The van der Waals surface area contributed by atoms with Gasteiger partial charge in [-0.3, -0.25) is 0 Å². The summed E-state index contributed by atoms with van der Waals surface area (Å²) in [7, 11) is 0. The maximum absolute atomic E-state index is 12.1. The van der Waals surface area contributed by atoms with E-state index in [9.17, 15) is 8.78 Å². The Kier molecular flexibility index (Phi) is 6.12. The molecule has 1 nitrogen and oxygen atoms in total. The Morgan fingerprint density at radius 2 is 1.50 bits per heavy atom. The first-order valence-corrected chi connectivity index (χ1v) is 7.06. The summed E-state index contributed by atoms with van der Waals surface area (Å²) in [5.74, 6) is 0. The molecular formula is C10H9BrF2OS2. The predicted octanol–water partition coefficient (Wildman–Crippen LogP) is 4.16. The van der Waals surface area contributed by atoms with Gasteiger partial charge in [0.2, 0.25) is 0 Å². The molecule has 16 heavy (non-hydrogen) atoms. The molecule has 0 saturated carbocycles. The second kappa shape index (κ2) is 7.11. The SMILES string of the molecule is Fc1ccc(CBr)s1.OCc1ccc(F)s1. The molecule has 0 radical (unpaired) electrons. The van der Waals surface area contributed by atoms with Crippen molar-refractivity contribution in [3.05, 3.63) is 44.3 Å². The van der Waals surface area contributed by atoms with Crippen LogP contribution in [-0.2, 0) is 11.9 Å². The summed E-state index contributed by atoms with van der Waals surface area (Å²) >= 11 is 5.36. The van der Waals surface area contributed by atoms with E-state index in [2.05, 4.69) is 15.9 Å². The van der Waals surface area contributed by atoms with Gasteiger partial charge in [0.25, 0.3) is 0 Å². The van der Waals surface area contributed by atoms with Crippen molar-refractivity contribution in [3.63, 3.8) is 0 Å². The normalized spacial score (nSPS) is 9.75. The third-order valence-corrected chi connectivity index (χ3v) is 4.25. The number of thiophene rings is 2. The minimum Gasteiger partial charge on any atom is -0.391 e. The first-order chi connectivity index (χ1) is 7.65. The van der Waals surface area contributed by atoms with E-state index in [4.69, 9.17) is 5.11 Å². The Labute approximate surface area is 108 Å². The summed E-state index contributed by atoms with van der Waals surface area (Å²) in [5.41, 5.74) is 0. The Balaban J connectivity index is 0.000000160. The van der Waals surface area contributed by atoms with E-state index in [1.165, 1.54) is 23.5 Å². The molecule has 88 valence electrons. The maximum Gasteiger partial charge on any atom is 0.176 e. The van der Waals surface area contributed by atoms with E-state index >= 15 is 0 Å². The van der Waals surface area contributed by atoms with Gasteiger partial charge < -0.3 is 5.11 Å². The molecule has 0 atom stereocenters. The monoisotopic (exact) mass is 326 g/mol. The fourth-order valence-electron chi connectivity index (χ4n) is 0.860. The number of aliphatic hydroxyl groups excluding tert-OH is 1. The van der Waals surface area contributed by atoms with Crippen LogP contribution in [0.4, 0.5) is 8.78 Å². The number of halogens is 3. The number of hydrogen-bond acceptors (Lipinski definition) is 3. The second-order valence-electron chi connectivity index (χ2n) is 2.70. The van der Waals surface area contributed by atoms with Crippen LogP contribution in [0.5, 0.6) is 0 Å². The summed E-state index contributed by atoms with van der Waals surface area (Å²) in [6, 6.07) is 6.16.